The monoisotopic (exact) mass is 278 g/mol. The van der Waals surface area contributed by atoms with Crippen LogP contribution in [0.5, 0.6) is 11.5 Å². The van der Waals surface area contributed by atoms with Crippen LogP contribution in [-0.4, -0.2) is 18.3 Å². The molecule has 0 aliphatic carbocycles. The summed E-state index contributed by atoms with van der Waals surface area (Å²) < 4.78 is 10.8. The van der Waals surface area contributed by atoms with E-state index in [0.717, 1.165) is 21.9 Å². The molecule has 0 saturated carbocycles. The third-order valence-electron chi connectivity index (χ3n) is 2.65. The van der Waals surface area contributed by atoms with Gasteiger partial charge in [0.15, 0.2) is 0 Å². The molecule has 1 aromatic heterocycles. The first kappa shape index (κ1) is 13.9. The second-order valence-corrected chi connectivity index (χ2v) is 5.47. The van der Waals surface area contributed by atoms with Gasteiger partial charge in [-0.05, 0) is 37.6 Å². The maximum absolute atomic E-state index is 10.4. The van der Waals surface area contributed by atoms with Gasteiger partial charge < -0.3 is 14.6 Å². The number of aliphatic hydroxyl groups is 1. The zero-order chi connectivity index (χ0) is 13.8. The molecule has 0 spiro atoms. The molecule has 19 heavy (non-hydrogen) atoms. The van der Waals surface area contributed by atoms with Gasteiger partial charge in [0.2, 0.25) is 0 Å². The van der Waals surface area contributed by atoms with Crippen molar-refractivity contribution < 1.29 is 14.6 Å². The quantitative estimate of drug-likeness (QED) is 0.907. The Morgan fingerprint density at radius 3 is 2.58 bits per heavy atom. The van der Waals surface area contributed by atoms with Crippen molar-refractivity contribution in [3.63, 3.8) is 0 Å². The molecular weight excluding hydrogens is 260 g/mol. The smallest absolute Gasteiger partial charge is 0.129 e. The highest BCUT2D eigenvalue weighted by Crippen LogP contribution is 2.32. The maximum atomic E-state index is 10.4. The number of hydrogen-bond donors (Lipinski definition) is 1. The summed E-state index contributed by atoms with van der Waals surface area (Å²) in [6, 6.07) is 9.40. The van der Waals surface area contributed by atoms with Gasteiger partial charge in [-0.1, -0.05) is 12.1 Å². The van der Waals surface area contributed by atoms with Crippen LogP contribution in [0.3, 0.4) is 0 Å². The summed E-state index contributed by atoms with van der Waals surface area (Å²) in [5.41, 5.74) is 0.822. The van der Waals surface area contributed by atoms with E-state index in [4.69, 9.17) is 9.47 Å². The van der Waals surface area contributed by atoms with Crippen molar-refractivity contribution in [2.75, 3.05) is 7.11 Å². The van der Waals surface area contributed by atoms with E-state index in [-0.39, 0.29) is 6.10 Å². The Labute approximate surface area is 117 Å². The average molecular weight is 278 g/mol. The van der Waals surface area contributed by atoms with Gasteiger partial charge in [-0.25, -0.2) is 0 Å². The number of benzene rings is 1. The lowest BCUT2D eigenvalue weighted by molar-refractivity contribution is 0.219. The standard InChI is InChI=1S/C15H18O3S/c1-10(2)18-12-6-4-5-11(7-12)15(16)14-8-13(17-3)9-19-14/h4-10,15-16H,1-3H3. The van der Waals surface area contributed by atoms with Crippen LogP contribution in [0, 0.1) is 0 Å². The number of hydrogen-bond acceptors (Lipinski definition) is 4. The van der Waals surface area contributed by atoms with E-state index in [1.807, 2.05) is 49.6 Å². The molecule has 0 amide bonds. The van der Waals surface area contributed by atoms with Gasteiger partial charge in [0.25, 0.3) is 0 Å². The predicted octanol–water partition coefficient (Wildman–Crippen LogP) is 3.63. The average Bonchev–Trinajstić information content (AvgIpc) is 2.86. The van der Waals surface area contributed by atoms with E-state index in [9.17, 15) is 5.11 Å². The molecule has 3 nitrogen and oxygen atoms in total. The minimum atomic E-state index is -0.649. The summed E-state index contributed by atoms with van der Waals surface area (Å²) in [4.78, 5) is 0.860. The Bertz CT molecular complexity index is 534. The van der Waals surface area contributed by atoms with Gasteiger partial charge in [-0.15, -0.1) is 11.3 Å². The molecule has 0 fully saturated rings. The Balaban J connectivity index is 2.20. The molecule has 0 radical (unpaired) electrons. The lowest BCUT2D eigenvalue weighted by Gasteiger charge is -2.13. The van der Waals surface area contributed by atoms with Crippen LogP contribution in [0.15, 0.2) is 35.7 Å². The van der Waals surface area contributed by atoms with Gasteiger partial charge in [0.05, 0.1) is 13.2 Å². The first-order chi connectivity index (χ1) is 9.10. The van der Waals surface area contributed by atoms with Gasteiger partial charge in [-0.3, -0.25) is 0 Å². The highest BCUT2D eigenvalue weighted by atomic mass is 32.1. The molecule has 4 heteroatoms. The van der Waals surface area contributed by atoms with Gasteiger partial charge >= 0.3 is 0 Å². The highest BCUT2D eigenvalue weighted by molar-refractivity contribution is 7.10. The molecule has 2 aromatic rings. The molecule has 0 bridgehead atoms. The zero-order valence-electron chi connectivity index (χ0n) is 11.3. The van der Waals surface area contributed by atoms with Crippen molar-refractivity contribution in [1.82, 2.24) is 0 Å². The van der Waals surface area contributed by atoms with Gasteiger partial charge in [0, 0.05) is 10.3 Å². The third kappa shape index (κ3) is 3.49. The van der Waals surface area contributed by atoms with Gasteiger partial charge in [0.1, 0.15) is 17.6 Å². The second kappa shape index (κ2) is 6.08. The molecular formula is C15H18O3S. The molecule has 2 rings (SSSR count). The van der Waals surface area contributed by atoms with E-state index in [0.29, 0.717) is 0 Å². The van der Waals surface area contributed by atoms with Crippen LogP contribution in [0.2, 0.25) is 0 Å². The number of aliphatic hydroxyl groups excluding tert-OH is 1. The summed E-state index contributed by atoms with van der Waals surface area (Å²) in [6.45, 7) is 3.96. The number of ether oxygens (including phenoxy) is 2. The fourth-order valence-electron chi connectivity index (χ4n) is 1.78. The largest absolute Gasteiger partial charge is 0.496 e. The fraction of sp³-hybridized carbons (Fsp3) is 0.333. The summed E-state index contributed by atoms with van der Waals surface area (Å²) in [7, 11) is 1.62. The third-order valence-corrected chi connectivity index (χ3v) is 3.61. The van der Waals surface area contributed by atoms with Crippen molar-refractivity contribution in [1.29, 1.82) is 0 Å². The van der Waals surface area contributed by atoms with Crippen LogP contribution in [0.4, 0.5) is 0 Å². The van der Waals surface area contributed by atoms with E-state index in [2.05, 4.69) is 0 Å². The lowest BCUT2D eigenvalue weighted by Crippen LogP contribution is -2.06. The van der Waals surface area contributed by atoms with E-state index in [1.165, 1.54) is 11.3 Å². The Kier molecular flexibility index (Phi) is 4.45. The van der Waals surface area contributed by atoms with Crippen molar-refractivity contribution in [2.24, 2.45) is 0 Å². The molecule has 0 saturated heterocycles. The molecule has 102 valence electrons. The number of methoxy groups -OCH3 is 1. The molecule has 0 aliphatic heterocycles. The molecule has 1 aromatic carbocycles. The Morgan fingerprint density at radius 1 is 1.16 bits per heavy atom. The van der Waals surface area contributed by atoms with Crippen LogP contribution in [0.25, 0.3) is 0 Å². The SMILES string of the molecule is COc1csc(C(O)c2cccc(OC(C)C)c2)c1. The summed E-state index contributed by atoms with van der Waals surface area (Å²) in [5, 5.41) is 12.2. The van der Waals surface area contributed by atoms with E-state index >= 15 is 0 Å². The number of thiophene rings is 1. The summed E-state index contributed by atoms with van der Waals surface area (Å²) >= 11 is 1.48. The van der Waals surface area contributed by atoms with Crippen LogP contribution >= 0.6 is 11.3 Å². The maximum Gasteiger partial charge on any atom is 0.129 e. The molecule has 1 unspecified atom stereocenters. The fourth-order valence-corrected chi connectivity index (χ4v) is 2.64. The normalized spacial score (nSPS) is 12.5. The Morgan fingerprint density at radius 2 is 1.95 bits per heavy atom. The summed E-state index contributed by atoms with van der Waals surface area (Å²) in [6.07, 6.45) is -0.529. The molecule has 1 atom stereocenters. The topological polar surface area (TPSA) is 38.7 Å². The first-order valence-corrected chi connectivity index (χ1v) is 7.05. The van der Waals surface area contributed by atoms with Gasteiger partial charge in [-0.2, -0.15) is 0 Å². The predicted molar refractivity (Wildman–Crippen MR) is 77.1 cm³/mol. The van der Waals surface area contributed by atoms with Crippen molar-refractivity contribution in [2.45, 2.75) is 26.1 Å². The Hall–Kier alpha value is -1.52. The summed E-state index contributed by atoms with van der Waals surface area (Å²) in [5.74, 6) is 1.55. The van der Waals surface area contributed by atoms with Crippen molar-refractivity contribution in [3.05, 3.63) is 46.2 Å². The minimum absolute atomic E-state index is 0.120. The highest BCUT2D eigenvalue weighted by Gasteiger charge is 2.14. The number of rotatable bonds is 5. The molecule has 1 heterocycles. The van der Waals surface area contributed by atoms with Crippen LogP contribution < -0.4 is 9.47 Å². The molecule has 0 aliphatic rings. The molecule has 1 N–H and O–H groups in total. The van der Waals surface area contributed by atoms with E-state index < -0.39 is 6.10 Å². The van der Waals surface area contributed by atoms with Crippen LogP contribution in [0.1, 0.15) is 30.4 Å². The first-order valence-electron chi connectivity index (χ1n) is 6.17. The minimum Gasteiger partial charge on any atom is -0.496 e. The lowest BCUT2D eigenvalue weighted by atomic mass is 10.1. The zero-order valence-corrected chi connectivity index (χ0v) is 12.1. The van der Waals surface area contributed by atoms with Crippen molar-refractivity contribution in [3.8, 4) is 11.5 Å². The van der Waals surface area contributed by atoms with E-state index in [1.54, 1.807) is 7.11 Å². The van der Waals surface area contributed by atoms with Crippen molar-refractivity contribution >= 4 is 11.3 Å². The van der Waals surface area contributed by atoms with Crippen LogP contribution in [-0.2, 0) is 0 Å². The second-order valence-electron chi connectivity index (χ2n) is 4.53.